The van der Waals surface area contributed by atoms with Crippen molar-refractivity contribution >= 4 is 24.1 Å². The minimum Gasteiger partial charge on any atom is -0.391 e. The number of nitrogens with one attached hydrogen (secondary N) is 3. The van der Waals surface area contributed by atoms with Crippen molar-refractivity contribution in [3.63, 3.8) is 0 Å². The van der Waals surface area contributed by atoms with E-state index < -0.39 is 6.10 Å². The minimum absolute atomic E-state index is 0. The van der Waals surface area contributed by atoms with Gasteiger partial charge in [0.15, 0.2) is 0 Å². The van der Waals surface area contributed by atoms with E-state index in [1.807, 2.05) is 32.0 Å². The minimum atomic E-state index is -0.482. The van der Waals surface area contributed by atoms with Gasteiger partial charge in [-0.2, -0.15) is 0 Å². The molecule has 1 aromatic carbocycles. The lowest BCUT2D eigenvalue weighted by Gasteiger charge is -2.29. The molecular formula is C14H22ClN3O2. The summed E-state index contributed by atoms with van der Waals surface area (Å²) in [6.45, 7) is 5.30. The number of benzene rings is 1. The van der Waals surface area contributed by atoms with Gasteiger partial charge < -0.3 is 21.1 Å². The Balaban J connectivity index is 0.00000200. The fraction of sp³-hybridized carbons (Fsp3) is 0.500. The monoisotopic (exact) mass is 299 g/mol. The maximum absolute atomic E-state index is 12.0. The molecule has 1 aliphatic rings. The van der Waals surface area contributed by atoms with Crippen LogP contribution in [0, 0.1) is 13.8 Å². The molecule has 1 aromatic rings. The second-order valence-corrected chi connectivity index (χ2v) is 5.03. The number of piperidine rings is 1. The lowest BCUT2D eigenvalue weighted by Crippen LogP contribution is -2.54. The molecule has 2 atom stereocenters. The summed E-state index contributed by atoms with van der Waals surface area (Å²) in [5, 5.41) is 18.6. The quantitative estimate of drug-likeness (QED) is 0.670. The van der Waals surface area contributed by atoms with Crippen molar-refractivity contribution in [1.82, 2.24) is 10.6 Å². The van der Waals surface area contributed by atoms with Gasteiger partial charge in [-0.1, -0.05) is 18.2 Å². The molecule has 20 heavy (non-hydrogen) atoms. The van der Waals surface area contributed by atoms with E-state index in [9.17, 15) is 9.90 Å². The second-order valence-electron chi connectivity index (χ2n) is 5.03. The van der Waals surface area contributed by atoms with E-state index in [4.69, 9.17) is 0 Å². The standard InChI is InChI=1S/C14H21N3O2.ClH/c1-9-4-3-5-10(2)13(9)17-14(19)16-11-8-15-7-6-12(11)18;/h3-5,11-12,15,18H,6-8H2,1-2H3,(H2,16,17,19);1H/t11-,12-;/m1./s1. The average Bonchev–Trinajstić information content (AvgIpc) is 2.37. The van der Waals surface area contributed by atoms with Gasteiger partial charge in [0, 0.05) is 12.2 Å². The number of anilines is 1. The SMILES string of the molecule is Cc1cccc(C)c1NC(=O)N[C@@H]1CNCC[C@H]1O.Cl. The van der Waals surface area contributed by atoms with Gasteiger partial charge in [0.25, 0.3) is 0 Å². The third-order valence-electron chi connectivity index (χ3n) is 3.48. The molecule has 2 rings (SSSR count). The molecule has 1 fully saturated rings. The van der Waals surface area contributed by atoms with Crippen molar-refractivity contribution in [3.8, 4) is 0 Å². The van der Waals surface area contributed by atoms with E-state index >= 15 is 0 Å². The van der Waals surface area contributed by atoms with E-state index in [1.165, 1.54) is 0 Å². The zero-order chi connectivity index (χ0) is 13.8. The van der Waals surface area contributed by atoms with Gasteiger partial charge in [-0.15, -0.1) is 12.4 Å². The van der Waals surface area contributed by atoms with Gasteiger partial charge in [-0.3, -0.25) is 0 Å². The third kappa shape index (κ3) is 4.10. The highest BCUT2D eigenvalue weighted by Crippen LogP contribution is 2.19. The van der Waals surface area contributed by atoms with Gasteiger partial charge in [0.2, 0.25) is 0 Å². The Hall–Kier alpha value is -1.30. The van der Waals surface area contributed by atoms with Gasteiger partial charge in [0.1, 0.15) is 0 Å². The molecule has 0 radical (unpaired) electrons. The van der Waals surface area contributed by atoms with Gasteiger partial charge in [-0.25, -0.2) is 4.79 Å². The van der Waals surface area contributed by atoms with Crippen molar-refractivity contribution in [2.24, 2.45) is 0 Å². The first-order valence-corrected chi connectivity index (χ1v) is 6.60. The number of aliphatic hydroxyl groups is 1. The zero-order valence-corrected chi connectivity index (χ0v) is 12.6. The normalized spacial score (nSPS) is 21.8. The first-order chi connectivity index (χ1) is 9.08. The van der Waals surface area contributed by atoms with Crippen LogP contribution in [0.4, 0.5) is 10.5 Å². The number of para-hydroxylation sites is 1. The summed E-state index contributed by atoms with van der Waals surface area (Å²) >= 11 is 0. The first kappa shape index (κ1) is 16.8. The number of halogens is 1. The van der Waals surface area contributed by atoms with Gasteiger partial charge in [0.05, 0.1) is 12.1 Å². The third-order valence-corrected chi connectivity index (χ3v) is 3.48. The molecule has 5 nitrogen and oxygen atoms in total. The van der Waals surface area contributed by atoms with E-state index in [0.29, 0.717) is 13.0 Å². The molecule has 0 spiro atoms. The number of hydrogen-bond donors (Lipinski definition) is 4. The van der Waals surface area contributed by atoms with Crippen molar-refractivity contribution in [1.29, 1.82) is 0 Å². The van der Waals surface area contributed by atoms with Crippen molar-refractivity contribution < 1.29 is 9.90 Å². The zero-order valence-electron chi connectivity index (χ0n) is 11.8. The average molecular weight is 300 g/mol. The van der Waals surface area contributed by atoms with Crippen molar-refractivity contribution in [2.45, 2.75) is 32.4 Å². The lowest BCUT2D eigenvalue weighted by atomic mass is 10.0. The number of urea groups is 1. The van der Waals surface area contributed by atoms with Crippen LogP contribution < -0.4 is 16.0 Å². The number of aliphatic hydroxyl groups excluding tert-OH is 1. The highest BCUT2D eigenvalue weighted by atomic mass is 35.5. The molecule has 6 heteroatoms. The molecule has 112 valence electrons. The number of carbonyl (C=O) groups is 1. The molecule has 0 aliphatic carbocycles. The molecule has 0 aromatic heterocycles. The summed E-state index contributed by atoms with van der Waals surface area (Å²) in [5.74, 6) is 0. The summed E-state index contributed by atoms with van der Waals surface area (Å²) in [4.78, 5) is 12.0. The fourth-order valence-corrected chi connectivity index (χ4v) is 2.32. The van der Waals surface area contributed by atoms with Crippen LogP contribution in [0.15, 0.2) is 18.2 Å². The van der Waals surface area contributed by atoms with E-state index in [-0.39, 0.29) is 24.5 Å². The van der Waals surface area contributed by atoms with E-state index in [1.54, 1.807) is 0 Å². The Kier molecular flexibility index (Phi) is 6.26. The summed E-state index contributed by atoms with van der Waals surface area (Å²) in [7, 11) is 0. The van der Waals surface area contributed by atoms with Gasteiger partial charge >= 0.3 is 6.03 Å². The molecule has 2 amide bonds. The fourth-order valence-electron chi connectivity index (χ4n) is 2.32. The highest BCUT2D eigenvalue weighted by Gasteiger charge is 2.24. The predicted molar refractivity (Wildman–Crippen MR) is 82.6 cm³/mol. The van der Waals surface area contributed by atoms with E-state index in [2.05, 4.69) is 16.0 Å². The molecule has 1 aliphatic heterocycles. The largest absolute Gasteiger partial charge is 0.391 e. The molecule has 0 unspecified atom stereocenters. The Morgan fingerprint density at radius 2 is 2.00 bits per heavy atom. The predicted octanol–water partition coefficient (Wildman–Crippen LogP) is 1.57. The number of aryl methyl sites for hydroxylation is 2. The number of rotatable bonds is 2. The van der Waals surface area contributed by atoms with E-state index in [0.717, 1.165) is 23.4 Å². The topological polar surface area (TPSA) is 73.4 Å². The second kappa shape index (κ2) is 7.47. The molecule has 0 saturated carbocycles. The van der Waals surface area contributed by atoms with Crippen LogP contribution in [-0.4, -0.2) is 36.4 Å². The lowest BCUT2D eigenvalue weighted by molar-refractivity contribution is 0.103. The number of amides is 2. The Morgan fingerprint density at radius 3 is 2.60 bits per heavy atom. The smallest absolute Gasteiger partial charge is 0.319 e. The van der Waals surface area contributed by atoms with Gasteiger partial charge in [-0.05, 0) is 37.9 Å². The maximum atomic E-state index is 12.0. The van der Waals surface area contributed by atoms with Crippen molar-refractivity contribution in [2.75, 3.05) is 18.4 Å². The Morgan fingerprint density at radius 1 is 1.35 bits per heavy atom. The summed E-state index contributed by atoms with van der Waals surface area (Å²) in [6, 6.07) is 5.37. The van der Waals surface area contributed by atoms with Crippen LogP contribution in [0.5, 0.6) is 0 Å². The highest BCUT2D eigenvalue weighted by molar-refractivity contribution is 5.91. The van der Waals surface area contributed by atoms with Crippen LogP contribution in [0.3, 0.4) is 0 Å². The van der Waals surface area contributed by atoms with Crippen LogP contribution >= 0.6 is 12.4 Å². The molecule has 4 N–H and O–H groups in total. The summed E-state index contributed by atoms with van der Waals surface area (Å²) < 4.78 is 0. The van der Waals surface area contributed by atoms with Crippen LogP contribution in [-0.2, 0) is 0 Å². The summed E-state index contributed by atoms with van der Waals surface area (Å²) in [5.41, 5.74) is 2.88. The first-order valence-electron chi connectivity index (χ1n) is 6.60. The van der Waals surface area contributed by atoms with Crippen LogP contribution in [0.25, 0.3) is 0 Å². The Labute approximate surface area is 125 Å². The molecule has 1 heterocycles. The molecular weight excluding hydrogens is 278 g/mol. The Bertz CT molecular complexity index is 447. The summed E-state index contributed by atoms with van der Waals surface area (Å²) in [6.07, 6.45) is 0.180. The number of hydrogen-bond acceptors (Lipinski definition) is 3. The molecule has 0 bridgehead atoms. The van der Waals surface area contributed by atoms with Crippen LogP contribution in [0.2, 0.25) is 0 Å². The molecule has 1 saturated heterocycles. The maximum Gasteiger partial charge on any atom is 0.319 e. The van der Waals surface area contributed by atoms with Crippen molar-refractivity contribution in [3.05, 3.63) is 29.3 Å². The number of carbonyl (C=O) groups excluding carboxylic acids is 1. The van der Waals surface area contributed by atoms with Crippen LogP contribution in [0.1, 0.15) is 17.5 Å².